The lowest BCUT2D eigenvalue weighted by Crippen LogP contribution is -2.33. The maximum absolute atomic E-state index is 11.5. The van der Waals surface area contributed by atoms with E-state index in [9.17, 15) is 4.79 Å². The topological polar surface area (TPSA) is 68.0 Å². The molecule has 1 heterocycles. The summed E-state index contributed by atoms with van der Waals surface area (Å²) in [6.45, 7) is 2.62. The molecule has 1 amide bonds. The van der Waals surface area contributed by atoms with E-state index in [1.54, 1.807) is 11.3 Å². The number of carbonyl (C=O) groups is 1. The van der Waals surface area contributed by atoms with Gasteiger partial charge in [0.25, 0.3) is 0 Å². The molecule has 2 aromatic rings. The summed E-state index contributed by atoms with van der Waals surface area (Å²) < 4.78 is 0. The molecule has 1 aromatic heterocycles. The standard InChI is InChI=1S/C14H17N3OS/c1-2-12-17-11(9-19-12)8-16-13(14(15)18)10-6-4-3-5-7-10/h3-7,9,13,16H,2,8H2,1H3,(H2,15,18)/t13-/m0/s1. The highest BCUT2D eigenvalue weighted by Gasteiger charge is 2.17. The molecule has 0 saturated carbocycles. The van der Waals surface area contributed by atoms with E-state index in [0.717, 1.165) is 22.7 Å². The molecule has 19 heavy (non-hydrogen) atoms. The molecule has 100 valence electrons. The van der Waals surface area contributed by atoms with Crippen LogP contribution in [0.25, 0.3) is 0 Å². The number of amides is 1. The van der Waals surface area contributed by atoms with Gasteiger partial charge < -0.3 is 5.73 Å². The fraction of sp³-hybridized carbons (Fsp3) is 0.286. The molecule has 5 heteroatoms. The number of primary amides is 1. The fourth-order valence-corrected chi connectivity index (χ4v) is 2.57. The lowest BCUT2D eigenvalue weighted by molar-refractivity contribution is -0.120. The number of carbonyl (C=O) groups excluding carboxylic acids is 1. The monoisotopic (exact) mass is 275 g/mol. The van der Waals surface area contributed by atoms with Gasteiger partial charge in [-0.05, 0) is 12.0 Å². The number of hydrogen-bond donors (Lipinski definition) is 2. The van der Waals surface area contributed by atoms with Crippen molar-refractivity contribution in [1.29, 1.82) is 0 Å². The molecule has 0 spiro atoms. The van der Waals surface area contributed by atoms with Crippen LogP contribution in [0, 0.1) is 0 Å². The fourth-order valence-electron chi connectivity index (χ4n) is 1.83. The summed E-state index contributed by atoms with van der Waals surface area (Å²) in [5.74, 6) is -0.378. The van der Waals surface area contributed by atoms with Crippen molar-refractivity contribution in [1.82, 2.24) is 10.3 Å². The normalized spacial score (nSPS) is 12.3. The summed E-state index contributed by atoms with van der Waals surface area (Å²) in [7, 11) is 0. The summed E-state index contributed by atoms with van der Waals surface area (Å²) in [4.78, 5) is 16.0. The molecule has 4 nitrogen and oxygen atoms in total. The van der Waals surface area contributed by atoms with Crippen molar-refractivity contribution in [3.8, 4) is 0 Å². The maximum atomic E-state index is 11.5. The Bertz CT molecular complexity index is 539. The van der Waals surface area contributed by atoms with Gasteiger partial charge in [-0.15, -0.1) is 11.3 Å². The SMILES string of the molecule is CCc1nc(CN[C@H](C(N)=O)c2ccccc2)cs1. The van der Waals surface area contributed by atoms with Gasteiger partial charge >= 0.3 is 0 Å². The average Bonchev–Trinajstić information content (AvgIpc) is 2.88. The number of nitrogens with one attached hydrogen (secondary N) is 1. The Labute approximate surface area is 116 Å². The van der Waals surface area contributed by atoms with Crippen molar-refractivity contribution in [3.05, 3.63) is 52.0 Å². The van der Waals surface area contributed by atoms with Gasteiger partial charge in [-0.1, -0.05) is 37.3 Å². The first-order valence-electron chi connectivity index (χ1n) is 6.21. The molecule has 3 N–H and O–H groups in total. The van der Waals surface area contributed by atoms with Crippen molar-refractivity contribution in [2.45, 2.75) is 25.9 Å². The van der Waals surface area contributed by atoms with E-state index in [1.807, 2.05) is 35.7 Å². The lowest BCUT2D eigenvalue weighted by atomic mass is 10.1. The Morgan fingerprint density at radius 3 is 2.74 bits per heavy atom. The predicted octanol–water partition coefficient (Wildman–Crippen LogP) is 2.02. The van der Waals surface area contributed by atoms with Crippen LogP contribution in [0.5, 0.6) is 0 Å². The van der Waals surface area contributed by atoms with Crippen molar-refractivity contribution in [3.63, 3.8) is 0 Å². The van der Waals surface area contributed by atoms with Crippen LogP contribution < -0.4 is 11.1 Å². The number of thiazole rings is 1. The van der Waals surface area contributed by atoms with Crippen LogP contribution in [0.2, 0.25) is 0 Å². The summed E-state index contributed by atoms with van der Waals surface area (Å²) in [5.41, 5.74) is 7.27. The van der Waals surface area contributed by atoms with Gasteiger partial charge in [-0.25, -0.2) is 4.98 Å². The number of hydrogen-bond acceptors (Lipinski definition) is 4. The van der Waals surface area contributed by atoms with Crippen molar-refractivity contribution in [2.75, 3.05) is 0 Å². The van der Waals surface area contributed by atoms with E-state index in [2.05, 4.69) is 17.2 Å². The second-order valence-corrected chi connectivity index (χ2v) is 5.16. The number of rotatable bonds is 6. The van der Waals surface area contributed by atoms with Gasteiger partial charge in [0.05, 0.1) is 10.7 Å². The highest BCUT2D eigenvalue weighted by atomic mass is 32.1. The van der Waals surface area contributed by atoms with Gasteiger partial charge in [0, 0.05) is 11.9 Å². The van der Waals surface area contributed by atoms with Crippen molar-refractivity contribution >= 4 is 17.2 Å². The molecule has 0 radical (unpaired) electrons. The molecular formula is C14H17N3OS. The molecule has 0 aliphatic carbocycles. The summed E-state index contributed by atoms with van der Waals surface area (Å²) >= 11 is 1.64. The third-order valence-corrected chi connectivity index (χ3v) is 3.85. The second-order valence-electron chi connectivity index (χ2n) is 4.21. The smallest absolute Gasteiger partial charge is 0.239 e. The van der Waals surface area contributed by atoms with Crippen LogP contribution in [0.3, 0.4) is 0 Å². The molecule has 1 aromatic carbocycles. The average molecular weight is 275 g/mol. The molecule has 1 atom stereocenters. The number of aromatic nitrogens is 1. The maximum Gasteiger partial charge on any atom is 0.239 e. The quantitative estimate of drug-likeness (QED) is 0.847. The first-order valence-corrected chi connectivity index (χ1v) is 7.09. The van der Waals surface area contributed by atoms with E-state index in [4.69, 9.17) is 5.73 Å². The second kappa shape index (κ2) is 6.45. The summed E-state index contributed by atoms with van der Waals surface area (Å²) in [6.07, 6.45) is 0.933. The highest BCUT2D eigenvalue weighted by molar-refractivity contribution is 7.09. The zero-order valence-corrected chi connectivity index (χ0v) is 11.6. The third-order valence-electron chi connectivity index (χ3n) is 2.81. The molecular weight excluding hydrogens is 258 g/mol. The Morgan fingerprint density at radius 2 is 2.16 bits per heavy atom. The van der Waals surface area contributed by atoms with E-state index in [1.165, 1.54) is 0 Å². The first-order chi connectivity index (χ1) is 9.20. The predicted molar refractivity (Wildman–Crippen MR) is 76.7 cm³/mol. The van der Waals surface area contributed by atoms with Crippen LogP contribution >= 0.6 is 11.3 Å². The van der Waals surface area contributed by atoms with Crippen molar-refractivity contribution in [2.24, 2.45) is 5.73 Å². The number of nitrogens with two attached hydrogens (primary N) is 1. The van der Waals surface area contributed by atoms with Gasteiger partial charge in [0.2, 0.25) is 5.91 Å². The molecule has 0 aliphatic heterocycles. The lowest BCUT2D eigenvalue weighted by Gasteiger charge is -2.14. The third kappa shape index (κ3) is 3.62. The molecule has 0 saturated heterocycles. The Hall–Kier alpha value is -1.72. The van der Waals surface area contributed by atoms with Gasteiger partial charge in [0.15, 0.2) is 0 Å². The number of aryl methyl sites for hydroxylation is 1. The minimum absolute atomic E-state index is 0.378. The molecule has 0 aliphatic rings. The number of nitrogens with zero attached hydrogens (tertiary/aromatic N) is 1. The Balaban J connectivity index is 2.04. The van der Waals surface area contributed by atoms with E-state index >= 15 is 0 Å². The zero-order chi connectivity index (χ0) is 13.7. The minimum Gasteiger partial charge on any atom is -0.368 e. The van der Waals surface area contributed by atoms with Crippen LogP contribution in [0.1, 0.15) is 29.2 Å². The molecule has 0 fully saturated rings. The first kappa shape index (κ1) is 13.7. The summed E-state index contributed by atoms with van der Waals surface area (Å²) in [6, 6.07) is 9.00. The van der Waals surface area contributed by atoms with Crippen LogP contribution in [0.4, 0.5) is 0 Å². The molecule has 0 bridgehead atoms. The van der Waals surface area contributed by atoms with E-state index < -0.39 is 6.04 Å². The zero-order valence-electron chi connectivity index (χ0n) is 10.8. The number of benzene rings is 1. The van der Waals surface area contributed by atoms with Gasteiger partial charge in [-0.2, -0.15) is 0 Å². The van der Waals surface area contributed by atoms with Crippen molar-refractivity contribution < 1.29 is 4.79 Å². The Morgan fingerprint density at radius 1 is 1.42 bits per heavy atom. The minimum atomic E-state index is -0.479. The van der Waals surface area contributed by atoms with Crippen LogP contribution in [0.15, 0.2) is 35.7 Å². The Kier molecular flexibility index (Phi) is 4.65. The van der Waals surface area contributed by atoms with Gasteiger partial charge in [-0.3, -0.25) is 10.1 Å². The highest BCUT2D eigenvalue weighted by Crippen LogP contribution is 2.14. The van der Waals surface area contributed by atoms with E-state index in [-0.39, 0.29) is 5.91 Å². The van der Waals surface area contributed by atoms with Gasteiger partial charge in [0.1, 0.15) is 6.04 Å². The largest absolute Gasteiger partial charge is 0.368 e. The van der Waals surface area contributed by atoms with Crippen LogP contribution in [-0.2, 0) is 17.8 Å². The van der Waals surface area contributed by atoms with E-state index in [0.29, 0.717) is 6.54 Å². The molecule has 0 unspecified atom stereocenters. The molecule has 2 rings (SSSR count). The van der Waals surface area contributed by atoms with Crippen LogP contribution in [-0.4, -0.2) is 10.9 Å². The summed E-state index contributed by atoms with van der Waals surface area (Å²) in [5, 5.41) is 6.27.